The Kier molecular flexibility index (Phi) is 9.38. The number of methoxy groups -OCH3 is 2. The van der Waals surface area contributed by atoms with Crippen molar-refractivity contribution in [2.24, 2.45) is 5.92 Å². The number of nitrogens with zero attached hydrogens (tertiary/aromatic N) is 2. The molecule has 5 atom stereocenters. The second-order valence-corrected chi connectivity index (χ2v) is 13.7. The molecule has 48 heavy (non-hydrogen) atoms. The summed E-state index contributed by atoms with van der Waals surface area (Å²) in [4.78, 5) is 44.3. The first-order chi connectivity index (χ1) is 23.1. The molecule has 6 rings (SSSR count). The van der Waals surface area contributed by atoms with E-state index in [1.54, 1.807) is 35.0 Å². The number of aldehydes is 1. The summed E-state index contributed by atoms with van der Waals surface area (Å²) in [5.41, 5.74) is 3.52. The molecule has 0 spiro atoms. The normalized spacial score (nSPS) is 22.9. The summed E-state index contributed by atoms with van der Waals surface area (Å²) in [6, 6.07) is 17.1. The SMILES string of the molecule is COc1c(C)c(OC)c(OCc2ccccc2)c2c1C[C@H]1C3[C@H](C=O)C[C@@H](C(=O)N1[C@H]2COCc1ccccc1)N3C(=O)OC(C)(C)C. The van der Waals surface area contributed by atoms with Gasteiger partial charge in [0.1, 0.15) is 30.3 Å². The number of carbonyl (C=O) groups excluding carboxylic acids is 3. The number of carbonyl (C=O) groups is 3. The van der Waals surface area contributed by atoms with Gasteiger partial charge in [0.25, 0.3) is 0 Å². The Bertz CT molecular complexity index is 1650. The quantitative estimate of drug-likeness (QED) is 0.252. The zero-order chi connectivity index (χ0) is 34.2. The van der Waals surface area contributed by atoms with Crippen molar-refractivity contribution in [1.29, 1.82) is 0 Å². The van der Waals surface area contributed by atoms with Gasteiger partial charge < -0.3 is 33.4 Å². The fourth-order valence-corrected chi connectivity index (χ4v) is 7.63. The van der Waals surface area contributed by atoms with Crippen molar-refractivity contribution in [3.63, 3.8) is 0 Å². The molecule has 0 aromatic heterocycles. The molecule has 0 radical (unpaired) electrons. The fraction of sp³-hybridized carbons (Fsp3) is 0.447. The summed E-state index contributed by atoms with van der Waals surface area (Å²) in [5, 5.41) is 0. The van der Waals surface area contributed by atoms with Crippen LogP contribution in [0, 0.1) is 12.8 Å². The highest BCUT2D eigenvalue weighted by molar-refractivity contribution is 5.91. The van der Waals surface area contributed by atoms with Gasteiger partial charge in [0.15, 0.2) is 11.5 Å². The Hall–Kier alpha value is -4.57. The number of piperazine rings is 1. The minimum Gasteiger partial charge on any atom is -0.496 e. The predicted molar refractivity (Wildman–Crippen MR) is 178 cm³/mol. The number of fused-ring (bicyclic) bond motifs is 5. The number of hydrogen-bond donors (Lipinski definition) is 0. The van der Waals surface area contributed by atoms with E-state index in [2.05, 4.69) is 0 Å². The summed E-state index contributed by atoms with van der Waals surface area (Å²) in [7, 11) is 3.20. The largest absolute Gasteiger partial charge is 0.496 e. The first-order valence-corrected chi connectivity index (χ1v) is 16.4. The van der Waals surface area contributed by atoms with E-state index in [4.69, 9.17) is 23.7 Å². The van der Waals surface area contributed by atoms with E-state index in [1.165, 1.54) is 4.90 Å². The van der Waals surface area contributed by atoms with Gasteiger partial charge in [0.05, 0.1) is 45.6 Å². The molecule has 2 bridgehead atoms. The van der Waals surface area contributed by atoms with E-state index < -0.39 is 41.8 Å². The Morgan fingerprint density at radius 3 is 2.12 bits per heavy atom. The Labute approximate surface area is 281 Å². The summed E-state index contributed by atoms with van der Waals surface area (Å²) in [5.74, 6) is 0.844. The lowest BCUT2D eigenvalue weighted by molar-refractivity contribution is -0.154. The molecule has 0 aliphatic carbocycles. The van der Waals surface area contributed by atoms with Gasteiger partial charge in [-0.1, -0.05) is 60.7 Å². The van der Waals surface area contributed by atoms with Gasteiger partial charge in [0.2, 0.25) is 5.91 Å². The minimum atomic E-state index is -0.850. The highest BCUT2D eigenvalue weighted by atomic mass is 16.6. The van der Waals surface area contributed by atoms with E-state index >= 15 is 0 Å². The van der Waals surface area contributed by atoms with Crippen molar-refractivity contribution in [2.75, 3.05) is 20.8 Å². The molecule has 10 heteroatoms. The molecule has 3 aromatic carbocycles. The highest BCUT2D eigenvalue weighted by Gasteiger charge is 2.61. The monoisotopic (exact) mass is 656 g/mol. The van der Waals surface area contributed by atoms with Crippen molar-refractivity contribution in [2.45, 2.75) is 83.5 Å². The molecule has 1 unspecified atom stereocenters. The second-order valence-electron chi connectivity index (χ2n) is 13.7. The smallest absolute Gasteiger partial charge is 0.411 e. The van der Waals surface area contributed by atoms with Gasteiger partial charge in [0, 0.05) is 22.6 Å². The van der Waals surface area contributed by atoms with Crippen LogP contribution in [0.25, 0.3) is 0 Å². The van der Waals surface area contributed by atoms with E-state index in [9.17, 15) is 14.4 Å². The topological polar surface area (TPSA) is 104 Å². The van der Waals surface area contributed by atoms with Crippen LogP contribution in [-0.4, -0.2) is 72.6 Å². The van der Waals surface area contributed by atoms with Crippen LogP contribution in [0.1, 0.15) is 61.1 Å². The lowest BCUT2D eigenvalue weighted by atomic mass is 9.80. The van der Waals surface area contributed by atoms with Crippen LogP contribution >= 0.6 is 0 Å². The molecule has 2 amide bonds. The number of rotatable bonds is 10. The van der Waals surface area contributed by atoms with Gasteiger partial charge in [-0.15, -0.1) is 0 Å². The van der Waals surface area contributed by atoms with Crippen molar-refractivity contribution < 1.29 is 38.1 Å². The van der Waals surface area contributed by atoms with Gasteiger partial charge >= 0.3 is 6.09 Å². The third-order valence-electron chi connectivity index (χ3n) is 9.50. The summed E-state index contributed by atoms with van der Waals surface area (Å²) in [6.07, 6.45) is 0.833. The third kappa shape index (κ3) is 6.09. The van der Waals surface area contributed by atoms with Gasteiger partial charge in [-0.05, 0) is 51.7 Å². The van der Waals surface area contributed by atoms with E-state index in [1.807, 2.05) is 72.5 Å². The lowest BCUT2D eigenvalue weighted by Crippen LogP contribution is -2.67. The molecule has 3 heterocycles. The number of hydrogen-bond acceptors (Lipinski definition) is 8. The standard InChI is InChI=1S/C38H44N2O8/c1-23-33(44-5)27-18-28-32-26(19-41)17-29(40(32)37(43)48-38(2,3)4)36(42)39(28)30(22-46-20-24-13-9-7-10-14-24)31(27)35(34(23)45-6)47-21-25-15-11-8-12-16-25/h7-16,19,26,28-30,32H,17-18,20-22H2,1-6H3/t26-,28-,29-,30-,32?/m0/s1. The van der Waals surface area contributed by atoms with Gasteiger partial charge in [-0.3, -0.25) is 9.69 Å². The third-order valence-corrected chi connectivity index (χ3v) is 9.50. The van der Waals surface area contributed by atoms with Crippen molar-refractivity contribution >= 4 is 18.3 Å². The number of amides is 2. The van der Waals surface area contributed by atoms with Crippen LogP contribution in [0.5, 0.6) is 17.2 Å². The number of ether oxygens (including phenoxy) is 5. The summed E-state index contributed by atoms with van der Waals surface area (Å²) in [6.45, 7) is 8.02. The molecule has 3 aromatic rings. The average molecular weight is 657 g/mol. The zero-order valence-corrected chi connectivity index (χ0v) is 28.4. The average Bonchev–Trinajstić information content (AvgIpc) is 3.41. The second kappa shape index (κ2) is 13.5. The van der Waals surface area contributed by atoms with Crippen LogP contribution in [0.15, 0.2) is 60.7 Å². The molecular weight excluding hydrogens is 612 g/mol. The molecule has 254 valence electrons. The van der Waals surface area contributed by atoms with Crippen LogP contribution in [0.2, 0.25) is 0 Å². The summed E-state index contributed by atoms with van der Waals surface area (Å²) < 4.78 is 30.8. The van der Waals surface area contributed by atoms with Crippen LogP contribution in [-0.2, 0) is 38.7 Å². The number of benzene rings is 3. The van der Waals surface area contributed by atoms with Crippen LogP contribution < -0.4 is 14.2 Å². The first-order valence-electron chi connectivity index (χ1n) is 16.4. The maximum atomic E-state index is 14.7. The fourth-order valence-electron chi connectivity index (χ4n) is 7.63. The van der Waals surface area contributed by atoms with Crippen LogP contribution in [0.4, 0.5) is 4.79 Å². The van der Waals surface area contributed by atoms with Gasteiger partial charge in [-0.2, -0.15) is 0 Å². The van der Waals surface area contributed by atoms with E-state index in [0.29, 0.717) is 30.3 Å². The lowest BCUT2D eigenvalue weighted by Gasteiger charge is -2.52. The molecule has 2 saturated heterocycles. The molecular formula is C38H44N2O8. The van der Waals surface area contributed by atoms with Gasteiger partial charge in [-0.25, -0.2) is 4.79 Å². The van der Waals surface area contributed by atoms with Crippen molar-refractivity contribution in [1.82, 2.24) is 9.80 Å². The maximum Gasteiger partial charge on any atom is 0.411 e. The molecule has 3 aliphatic rings. The summed E-state index contributed by atoms with van der Waals surface area (Å²) >= 11 is 0. The Balaban J connectivity index is 1.49. The molecule has 2 fully saturated rings. The van der Waals surface area contributed by atoms with E-state index in [0.717, 1.165) is 34.1 Å². The van der Waals surface area contributed by atoms with Crippen molar-refractivity contribution in [3.8, 4) is 17.2 Å². The molecule has 10 nitrogen and oxygen atoms in total. The molecule has 3 aliphatic heterocycles. The maximum absolute atomic E-state index is 14.7. The molecule has 0 saturated carbocycles. The zero-order valence-electron chi connectivity index (χ0n) is 28.4. The molecule has 0 N–H and O–H groups in total. The highest BCUT2D eigenvalue weighted by Crippen LogP contribution is 2.54. The van der Waals surface area contributed by atoms with Crippen molar-refractivity contribution in [3.05, 3.63) is 88.5 Å². The predicted octanol–water partition coefficient (Wildman–Crippen LogP) is 5.81. The van der Waals surface area contributed by atoms with Crippen LogP contribution in [0.3, 0.4) is 0 Å². The minimum absolute atomic E-state index is 0.138. The Morgan fingerprint density at radius 2 is 1.54 bits per heavy atom. The van der Waals surface area contributed by atoms with E-state index in [-0.39, 0.29) is 25.5 Å². The Morgan fingerprint density at radius 1 is 0.917 bits per heavy atom. The first kappa shape index (κ1) is 33.3.